The molecule has 1 aliphatic heterocycles. The molecule has 4 rings (SSSR count). The predicted octanol–water partition coefficient (Wildman–Crippen LogP) is 4.69. The zero-order chi connectivity index (χ0) is 19.3. The summed E-state index contributed by atoms with van der Waals surface area (Å²) < 4.78 is 1.00. The van der Waals surface area contributed by atoms with Crippen molar-refractivity contribution >= 4 is 33.3 Å². The molecule has 1 fully saturated rings. The summed E-state index contributed by atoms with van der Waals surface area (Å²) in [5.41, 5.74) is 3.46. The number of rotatable bonds is 5. The Labute approximate surface area is 172 Å². The summed E-state index contributed by atoms with van der Waals surface area (Å²) in [6, 6.07) is 19.5. The molecule has 2 heterocycles. The molecule has 1 amide bonds. The molecule has 28 heavy (non-hydrogen) atoms. The van der Waals surface area contributed by atoms with Crippen LogP contribution in [0.3, 0.4) is 0 Å². The van der Waals surface area contributed by atoms with Crippen molar-refractivity contribution in [3.05, 3.63) is 70.7 Å². The Bertz CT molecular complexity index is 951. The minimum atomic E-state index is -0.0464. The molecule has 0 spiro atoms. The molecular formula is C22H21BrN4O. The van der Waals surface area contributed by atoms with E-state index in [0.717, 1.165) is 45.9 Å². The van der Waals surface area contributed by atoms with E-state index in [2.05, 4.69) is 36.3 Å². The molecule has 1 saturated heterocycles. The number of anilines is 2. The number of carbonyl (C=O) groups excluding carboxylic acids is 1. The van der Waals surface area contributed by atoms with Crippen molar-refractivity contribution in [2.24, 2.45) is 0 Å². The van der Waals surface area contributed by atoms with Crippen molar-refractivity contribution in [1.29, 1.82) is 0 Å². The maximum Gasteiger partial charge on any atom is 0.228 e. The highest BCUT2D eigenvalue weighted by Gasteiger charge is 2.14. The van der Waals surface area contributed by atoms with Gasteiger partial charge < -0.3 is 10.2 Å². The van der Waals surface area contributed by atoms with Gasteiger partial charge in [0.2, 0.25) is 5.91 Å². The van der Waals surface area contributed by atoms with Crippen LogP contribution in [0.15, 0.2) is 65.1 Å². The first kappa shape index (κ1) is 18.6. The van der Waals surface area contributed by atoms with E-state index in [1.807, 2.05) is 60.7 Å². The Morgan fingerprint density at radius 1 is 1.00 bits per heavy atom. The Morgan fingerprint density at radius 2 is 1.79 bits per heavy atom. The summed E-state index contributed by atoms with van der Waals surface area (Å²) in [6.07, 6.45) is 2.76. The molecule has 0 bridgehead atoms. The van der Waals surface area contributed by atoms with E-state index in [-0.39, 0.29) is 5.91 Å². The van der Waals surface area contributed by atoms with Gasteiger partial charge in [0, 0.05) is 28.8 Å². The lowest BCUT2D eigenvalue weighted by atomic mass is 10.1. The maximum absolute atomic E-state index is 12.3. The number of aromatic nitrogens is 2. The molecule has 0 unspecified atom stereocenters. The zero-order valence-corrected chi connectivity index (χ0v) is 17.0. The molecule has 1 aromatic heterocycles. The van der Waals surface area contributed by atoms with Crippen LogP contribution in [0.5, 0.6) is 0 Å². The van der Waals surface area contributed by atoms with Crippen LogP contribution in [0.25, 0.3) is 11.3 Å². The summed E-state index contributed by atoms with van der Waals surface area (Å²) in [5.74, 6) is 0.884. The van der Waals surface area contributed by atoms with Crippen molar-refractivity contribution in [3.8, 4) is 11.3 Å². The highest BCUT2D eigenvalue weighted by atomic mass is 79.9. The summed E-state index contributed by atoms with van der Waals surface area (Å²) in [7, 11) is 0. The van der Waals surface area contributed by atoms with E-state index in [4.69, 9.17) is 0 Å². The first-order valence-electron chi connectivity index (χ1n) is 9.41. The maximum atomic E-state index is 12.3. The third-order valence-electron chi connectivity index (χ3n) is 4.80. The molecule has 1 N–H and O–H groups in total. The number of nitrogens with one attached hydrogen (secondary N) is 1. The fourth-order valence-corrected chi connectivity index (χ4v) is 3.61. The highest BCUT2D eigenvalue weighted by molar-refractivity contribution is 9.10. The van der Waals surface area contributed by atoms with Gasteiger partial charge in [0.15, 0.2) is 5.82 Å². The van der Waals surface area contributed by atoms with Crippen molar-refractivity contribution in [2.45, 2.75) is 19.3 Å². The number of carbonyl (C=O) groups is 1. The Morgan fingerprint density at radius 3 is 2.50 bits per heavy atom. The molecule has 5 nitrogen and oxygen atoms in total. The summed E-state index contributed by atoms with van der Waals surface area (Å²) in [5, 5.41) is 11.7. The first-order valence-corrected chi connectivity index (χ1v) is 10.2. The van der Waals surface area contributed by atoms with Crippen LogP contribution >= 0.6 is 15.9 Å². The molecule has 3 aromatic rings. The number of nitrogens with zero attached hydrogens (tertiary/aromatic N) is 3. The smallest absolute Gasteiger partial charge is 0.228 e. The van der Waals surface area contributed by atoms with Gasteiger partial charge in [-0.2, -0.15) is 0 Å². The number of benzene rings is 2. The van der Waals surface area contributed by atoms with Crippen LogP contribution in [0.4, 0.5) is 11.5 Å². The number of amides is 1. The highest BCUT2D eigenvalue weighted by Crippen LogP contribution is 2.23. The van der Waals surface area contributed by atoms with E-state index >= 15 is 0 Å². The largest absolute Gasteiger partial charge is 0.355 e. The van der Waals surface area contributed by atoms with Gasteiger partial charge >= 0.3 is 0 Å². The molecule has 2 aromatic carbocycles. The second-order valence-electron chi connectivity index (χ2n) is 6.90. The molecule has 0 aliphatic carbocycles. The average molecular weight is 437 g/mol. The lowest BCUT2D eigenvalue weighted by Crippen LogP contribution is -2.19. The van der Waals surface area contributed by atoms with E-state index < -0.39 is 0 Å². The van der Waals surface area contributed by atoms with E-state index in [0.29, 0.717) is 6.42 Å². The van der Waals surface area contributed by atoms with E-state index in [9.17, 15) is 4.79 Å². The fraction of sp³-hybridized carbons (Fsp3) is 0.227. The van der Waals surface area contributed by atoms with Gasteiger partial charge in [0.05, 0.1) is 12.1 Å². The van der Waals surface area contributed by atoms with Crippen molar-refractivity contribution in [3.63, 3.8) is 0 Å². The molecule has 0 saturated carbocycles. The standard InChI is InChI=1S/C22H21BrN4O/c23-18-8-6-16(7-9-18)14-22(28)24-19-5-3-4-17(15-19)20-10-11-21(26-25-20)27-12-1-2-13-27/h3-11,15H,1-2,12-14H2,(H,24,28). The van der Waals surface area contributed by atoms with Crippen LogP contribution < -0.4 is 10.2 Å². The number of hydrogen-bond acceptors (Lipinski definition) is 4. The van der Waals surface area contributed by atoms with Crippen molar-refractivity contribution < 1.29 is 4.79 Å². The second kappa shape index (κ2) is 8.52. The lowest BCUT2D eigenvalue weighted by molar-refractivity contribution is -0.115. The minimum Gasteiger partial charge on any atom is -0.355 e. The zero-order valence-electron chi connectivity index (χ0n) is 15.4. The molecule has 142 valence electrons. The van der Waals surface area contributed by atoms with Gasteiger partial charge in [0.1, 0.15) is 0 Å². The van der Waals surface area contributed by atoms with E-state index in [1.165, 1.54) is 12.8 Å². The molecular weight excluding hydrogens is 416 g/mol. The van der Waals surface area contributed by atoms with Gasteiger partial charge in [-0.3, -0.25) is 4.79 Å². The average Bonchev–Trinajstić information content (AvgIpc) is 3.25. The van der Waals surface area contributed by atoms with Crippen LogP contribution in [-0.4, -0.2) is 29.2 Å². The van der Waals surface area contributed by atoms with E-state index in [1.54, 1.807) is 0 Å². The van der Waals surface area contributed by atoms with Crippen LogP contribution in [-0.2, 0) is 11.2 Å². The third-order valence-corrected chi connectivity index (χ3v) is 5.33. The normalized spacial score (nSPS) is 13.5. The minimum absolute atomic E-state index is 0.0464. The second-order valence-corrected chi connectivity index (χ2v) is 7.82. The Kier molecular flexibility index (Phi) is 5.67. The molecule has 0 atom stereocenters. The van der Waals surface area contributed by atoms with Crippen LogP contribution in [0, 0.1) is 0 Å². The van der Waals surface area contributed by atoms with Gasteiger partial charge in [-0.15, -0.1) is 10.2 Å². The summed E-state index contributed by atoms with van der Waals surface area (Å²) in [6.45, 7) is 2.10. The first-order chi connectivity index (χ1) is 13.7. The molecule has 6 heteroatoms. The van der Waals surface area contributed by atoms with Gasteiger partial charge in [-0.05, 0) is 54.8 Å². The number of hydrogen-bond donors (Lipinski definition) is 1. The number of halogens is 1. The van der Waals surface area contributed by atoms with Crippen LogP contribution in [0.2, 0.25) is 0 Å². The monoisotopic (exact) mass is 436 g/mol. The lowest BCUT2D eigenvalue weighted by Gasteiger charge is -2.15. The quantitative estimate of drug-likeness (QED) is 0.630. The topological polar surface area (TPSA) is 58.1 Å². The Balaban J connectivity index is 1.43. The molecule has 0 radical (unpaired) electrons. The SMILES string of the molecule is O=C(Cc1ccc(Br)cc1)Nc1cccc(-c2ccc(N3CCCC3)nn2)c1. The third kappa shape index (κ3) is 4.57. The van der Waals surface area contributed by atoms with Crippen molar-refractivity contribution in [1.82, 2.24) is 10.2 Å². The van der Waals surface area contributed by atoms with Crippen molar-refractivity contribution in [2.75, 3.05) is 23.3 Å². The Hall–Kier alpha value is -2.73. The van der Waals surface area contributed by atoms with Gasteiger partial charge in [0.25, 0.3) is 0 Å². The van der Waals surface area contributed by atoms with Gasteiger partial charge in [-0.25, -0.2) is 0 Å². The summed E-state index contributed by atoms with van der Waals surface area (Å²) in [4.78, 5) is 14.6. The van der Waals surface area contributed by atoms with Gasteiger partial charge in [-0.1, -0.05) is 40.2 Å². The fourth-order valence-electron chi connectivity index (χ4n) is 3.34. The molecule has 1 aliphatic rings. The predicted molar refractivity (Wildman–Crippen MR) is 115 cm³/mol. The summed E-state index contributed by atoms with van der Waals surface area (Å²) >= 11 is 3.40. The van der Waals surface area contributed by atoms with Crippen LogP contribution in [0.1, 0.15) is 18.4 Å².